The molecule has 0 unspecified atom stereocenters. The summed E-state index contributed by atoms with van der Waals surface area (Å²) in [6, 6.07) is 0.797. The van der Waals surface area contributed by atoms with Crippen LogP contribution in [0.25, 0.3) is 0 Å². The van der Waals surface area contributed by atoms with Crippen LogP contribution in [0, 0.1) is 0 Å². The zero-order valence-corrected chi connectivity index (χ0v) is 11.3. The van der Waals surface area contributed by atoms with Crippen LogP contribution in [0.2, 0.25) is 0 Å². The van der Waals surface area contributed by atoms with Gasteiger partial charge in [-0.15, -0.1) is 0 Å². The number of aryl methyl sites for hydroxylation is 1. The highest BCUT2D eigenvalue weighted by Crippen LogP contribution is 2.19. The van der Waals surface area contributed by atoms with Gasteiger partial charge in [-0.1, -0.05) is 0 Å². The lowest BCUT2D eigenvalue weighted by Gasteiger charge is -2.18. The highest BCUT2D eigenvalue weighted by atomic mass is 19.3. The van der Waals surface area contributed by atoms with E-state index in [0.717, 1.165) is 10.7 Å². The topological polar surface area (TPSA) is 65.4 Å². The first kappa shape index (κ1) is 14.9. The van der Waals surface area contributed by atoms with Crippen molar-refractivity contribution in [1.82, 2.24) is 15.1 Å². The predicted octanol–water partition coefficient (Wildman–Crippen LogP) is 0.891. The van der Waals surface area contributed by atoms with Crippen LogP contribution in [-0.4, -0.2) is 47.7 Å². The minimum atomic E-state index is -2.67. The molecule has 0 aromatic carbocycles. The van der Waals surface area contributed by atoms with E-state index >= 15 is 0 Å². The number of amides is 1. The Labute approximate surface area is 115 Å². The minimum absolute atomic E-state index is 0.0371. The third kappa shape index (κ3) is 3.13. The molecule has 8 heteroatoms. The van der Waals surface area contributed by atoms with Crippen LogP contribution in [0.15, 0.2) is 6.07 Å². The number of nitrogens with zero attached hydrogens (tertiary/aromatic N) is 2. The maximum atomic E-state index is 12.6. The van der Waals surface area contributed by atoms with Crippen molar-refractivity contribution in [1.29, 1.82) is 0 Å². The Morgan fingerprint density at radius 1 is 1.65 bits per heavy atom. The number of aromatic nitrogens is 2. The molecule has 1 saturated heterocycles. The maximum absolute atomic E-state index is 12.6. The fourth-order valence-electron chi connectivity index (χ4n) is 2.09. The molecule has 1 aliphatic rings. The molecular formula is C12H17F2N3O3. The van der Waals surface area contributed by atoms with Gasteiger partial charge in [-0.05, 0) is 13.0 Å². The van der Waals surface area contributed by atoms with Crippen LogP contribution in [0.3, 0.4) is 0 Å². The SMILES string of the molecule is CCO[C@@H]1COC[C@H]1NC(=O)c1cc(C(F)F)n(C)n1. The number of alkyl halides is 2. The third-order valence-electron chi connectivity index (χ3n) is 3.10. The van der Waals surface area contributed by atoms with E-state index in [9.17, 15) is 13.6 Å². The van der Waals surface area contributed by atoms with Crippen molar-refractivity contribution in [3.8, 4) is 0 Å². The van der Waals surface area contributed by atoms with E-state index < -0.39 is 12.3 Å². The summed E-state index contributed by atoms with van der Waals surface area (Å²) in [5.41, 5.74) is -0.330. The molecule has 1 amide bonds. The molecule has 1 aliphatic heterocycles. The Bertz CT molecular complexity index is 479. The lowest BCUT2D eigenvalue weighted by Crippen LogP contribution is -2.43. The minimum Gasteiger partial charge on any atom is -0.376 e. The summed E-state index contributed by atoms with van der Waals surface area (Å²) in [5.74, 6) is -0.507. The van der Waals surface area contributed by atoms with Gasteiger partial charge >= 0.3 is 0 Å². The first-order valence-corrected chi connectivity index (χ1v) is 6.35. The molecular weight excluding hydrogens is 272 g/mol. The predicted molar refractivity (Wildman–Crippen MR) is 65.7 cm³/mol. The van der Waals surface area contributed by atoms with Crippen LogP contribution >= 0.6 is 0 Å². The van der Waals surface area contributed by atoms with E-state index in [1.165, 1.54) is 7.05 Å². The van der Waals surface area contributed by atoms with Crippen molar-refractivity contribution in [3.05, 3.63) is 17.5 Å². The largest absolute Gasteiger partial charge is 0.376 e. The number of carbonyl (C=O) groups is 1. The van der Waals surface area contributed by atoms with Crippen molar-refractivity contribution >= 4 is 5.91 Å². The number of hydrogen-bond acceptors (Lipinski definition) is 4. The zero-order chi connectivity index (χ0) is 14.7. The zero-order valence-electron chi connectivity index (χ0n) is 11.3. The summed E-state index contributed by atoms with van der Waals surface area (Å²) in [6.45, 7) is 3.11. The van der Waals surface area contributed by atoms with Crippen LogP contribution in [-0.2, 0) is 16.5 Å². The number of halogens is 2. The molecule has 2 atom stereocenters. The van der Waals surface area contributed by atoms with Gasteiger partial charge in [0, 0.05) is 13.7 Å². The van der Waals surface area contributed by atoms with Gasteiger partial charge in [0.05, 0.1) is 19.3 Å². The number of rotatable bonds is 5. The second-order valence-corrected chi connectivity index (χ2v) is 4.49. The molecule has 1 N–H and O–H groups in total. The number of ether oxygens (including phenoxy) is 2. The second kappa shape index (κ2) is 6.27. The second-order valence-electron chi connectivity index (χ2n) is 4.49. The van der Waals surface area contributed by atoms with Crippen LogP contribution in [0.1, 0.15) is 29.5 Å². The van der Waals surface area contributed by atoms with Gasteiger partial charge < -0.3 is 14.8 Å². The number of carbonyl (C=O) groups excluding carboxylic acids is 1. The summed E-state index contributed by atoms with van der Waals surface area (Å²) in [7, 11) is 1.37. The van der Waals surface area contributed by atoms with E-state index in [1.54, 1.807) is 0 Å². The highest BCUT2D eigenvalue weighted by molar-refractivity contribution is 5.92. The van der Waals surface area contributed by atoms with Gasteiger partial charge in [-0.25, -0.2) is 8.78 Å². The monoisotopic (exact) mass is 289 g/mol. The lowest BCUT2D eigenvalue weighted by atomic mass is 10.2. The Kier molecular flexibility index (Phi) is 4.66. The molecule has 6 nitrogen and oxygen atoms in total. The van der Waals surface area contributed by atoms with Crippen LogP contribution in [0.4, 0.5) is 8.78 Å². The summed E-state index contributed by atoms with van der Waals surface area (Å²) in [5, 5.41) is 6.49. The van der Waals surface area contributed by atoms with E-state index in [-0.39, 0.29) is 23.5 Å². The van der Waals surface area contributed by atoms with Crippen LogP contribution < -0.4 is 5.32 Å². The van der Waals surface area contributed by atoms with E-state index in [4.69, 9.17) is 9.47 Å². The highest BCUT2D eigenvalue weighted by Gasteiger charge is 2.31. The molecule has 1 aromatic rings. The van der Waals surface area contributed by atoms with Gasteiger partial charge in [0.15, 0.2) is 5.69 Å². The fraction of sp³-hybridized carbons (Fsp3) is 0.667. The van der Waals surface area contributed by atoms with Crippen LogP contribution in [0.5, 0.6) is 0 Å². The van der Waals surface area contributed by atoms with Gasteiger partial charge in [0.2, 0.25) is 0 Å². The Morgan fingerprint density at radius 3 is 3.00 bits per heavy atom. The van der Waals surface area contributed by atoms with Crippen molar-refractivity contribution < 1.29 is 23.0 Å². The van der Waals surface area contributed by atoms with Gasteiger partial charge in [-0.2, -0.15) is 5.10 Å². The Balaban J connectivity index is 2.03. The first-order chi connectivity index (χ1) is 9.52. The lowest BCUT2D eigenvalue weighted by molar-refractivity contribution is 0.0402. The van der Waals surface area contributed by atoms with E-state index in [1.807, 2.05) is 6.92 Å². The molecule has 1 aromatic heterocycles. The average Bonchev–Trinajstić information content (AvgIpc) is 2.97. The number of nitrogens with one attached hydrogen (secondary N) is 1. The maximum Gasteiger partial charge on any atom is 0.280 e. The first-order valence-electron chi connectivity index (χ1n) is 6.35. The third-order valence-corrected chi connectivity index (χ3v) is 3.10. The summed E-state index contributed by atoms with van der Waals surface area (Å²) in [4.78, 5) is 12.0. The molecule has 0 aliphatic carbocycles. The van der Waals surface area contributed by atoms with E-state index in [2.05, 4.69) is 10.4 Å². The summed E-state index contributed by atoms with van der Waals surface area (Å²) in [6.07, 6.45) is -2.89. The van der Waals surface area contributed by atoms with Gasteiger partial charge in [0.25, 0.3) is 12.3 Å². The van der Waals surface area contributed by atoms with Crippen molar-refractivity contribution in [2.24, 2.45) is 7.05 Å². The van der Waals surface area contributed by atoms with E-state index in [0.29, 0.717) is 19.8 Å². The Morgan fingerprint density at radius 2 is 2.40 bits per heavy atom. The smallest absolute Gasteiger partial charge is 0.280 e. The summed E-state index contributed by atoms with van der Waals surface area (Å²) >= 11 is 0. The molecule has 20 heavy (non-hydrogen) atoms. The molecule has 0 radical (unpaired) electrons. The quantitative estimate of drug-likeness (QED) is 0.874. The average molecular weight is 289 g/mol. The van der Waals surface area contributed by atoms with Gasteiger partial charge in [0.1, 0.15) is 11.8 Å². The molecule has 0 saturated carbocycles. The van der Waals surface area contributed by atoms with Crippen molar-refractivity contribution in [2.45, 2.75) is 25.5 Å². The van der Waals surface area contributed by atoms with Crippen molar-refractivity contribution in [2.75, 3.05) is 19.8 Å². The fourth-order valence-corrected chi connectivity index (χ4v) is 2.09. The molecule has 112 valence electrons. The molecule has 2 rings (SSSR count). The molecule has 0 bridgehead atoms. The Hall–Kier alpha value is -1.54. The molecule has 1 fully saturated rings. The normalized spacial score (nSPS) is 22.4. The molecule has 0 spiro atoms. The van der Waals surface area contributed by atoms with Crippen molar-refractivity contribution in [3.63, 3.8) is 0 Å². The standard InChI is InChI=1S/C12H17F2N3O3/c1-3-20-10-6-19-5-8(10)15-12(18)7-4-9(11(13)14)17(2)16-7/h4,8,10-11H,3,5-6H2,1-2H3,(H,15,18)/t8-,10-/m1/s1. The number of hydrogen-bond donors (Lipinski definition) is 1. The summed E-state index contributed by atoms with van der Waals surface area (Å²) < 4.78 is 37.0. The van der Waals surface area contributed by atoms with Gasteiger partial charge in [-0.3, -0.25) is 9.48 Å². The molecule has 2 heterocycles.